The van der Waals surface area contributed by atoms with Gasteiger partial charge in [-0.3, -0.25) is 0 Å². The Morgan fingerprint density at radius 3 is 3.17 bits per heavy atom. The van der Waals surface area contributed by atoms with Gasteiger partial charge in [0.15, 0.2) is 0 Å². The van der Waals surface area contributed by atoms with Crippen LogP contribution in [0.2, 0.25) is 5.15 Å². The molecule has 0 fully saturated rings. The highest BCUT2D eigenvalue weighted by Crippen LogP contribution is 2.35. The molecule has 3 N–H and O–H groups in total. The van der Waals surface area contributed by atoms with Crippen LogP contribution >= 0.6 is 22.9 Å². The lowest BCUT2D eigenvalue weighted by Crippen LogP contribution is -2.16. The van der Waals surface area contributed by atoms with E-state index in [0.717, 1.165) is 12.2 Å². The number of halogens is 1. The monoisotopic (exact) mass is 279 g/mol. The summed E-state index contributed by atoms with van der Waals surface area (Å²) in [6.07, 6.45) is 3.52. The number of fused-ring (bicyclic) bond motifs is 1. The Kier molecular flexibility index (Phi) is 3.14. The minimum atomic E-state index is 0.324. The zero-order valence-electron chi connectivity index (χ0n) is 9.82. The van der Waals surface area contributed by atoms with Crippen LogP contribution in [0.4, 0.5) is 11.5 Å². The molecule has 1 aliphatic rings. The van der Waals surface area contributed by atoms with Crippen LogP contribution in [0.15, 0.2) is 23.6 Å². The molecule has 0 saturated carbocycles. The highest BCUT2D eigenvalue weighted by molar-refractivity contribution is 7.10. The first-order valence-corrected chi connectivity index (χ1v) is 7.24. The maximum absolute atomic E-state index is 5.92. The lowest BCUT2D eigenvalue weighted by molar-refractivity contribution is 0.607. The number of rotatable bonds is 2. The van der Waals surface area contributed by atoms with Crippen molar-refractivity contribution in [3.63, 3.8) is 0 Å². The maximum Gasteiger partial charge on any atom is 0.133 e. The van der Waals surface area contributed by atoms with Crippen LogP contribution in [0.25, 0.3) is 0 Å². The van der Waals surface area contributed by atoms with Crippen molar-refractivity contribution in [3.8, 4) is 0 Å². The summed E-state index contributed by atoms with van der Waals surface area (Å²) in [4.78, 5) is 5.74. The predicted octanol–water partition coefficient (Wildman–Crippen LogP) is 3.87. The molecule has 0 aliphatic heterocycles. The minimum absolute atomic E-state index is 0.324. The summed E-state index contributed by atoms with van der Waals surface area (Å²) in [6, 6.07) is 6.01. The van der Waals surface area contributed by atoms with Gasteiger partial charge in [-0.1, -0.05) is 11.6 Å². The van der Waals surface area contributed by atoms with Crippen LogP contribution in [0.5, 0.6) is 0 Å². The summed E-state index contributed by atoms with van der Waals surface area (Å²) in [5.41, 5.74) is 7.81. The molecular formula is C13H14ClN3S. The number of aromatic nitrogens is 1. The molecule has 3 rings (SSSR count). The van der Waals surface area contributed by atoms with Gasteiger partial charge in [-0.25, -0.2) is 4.98 Å². The molecule has 0 radical (unpaired) electrons. The molecular weight excluding hydrogens is 266 g/mol. The van der Waals surface area contributed by atoms with E-state index in [4.69, 9.17) is 17.3 Å². The molecule has 2 heterocycles. The SMILES string of the molecule is Nc1cc(Cl)nc(NC2CCCc3sccc32)c1. The topological polar surface area (TPSA) is 50.9 Å². The molecule has 0 spiro atoms. The van der Waals surface area contributed by atoms with E-state index in [1.54, 1.807) is 6.07 Å². The molecule has 0 saturated heterocycles. The van der Waals surface area contributed by atoms with Gasteiger partial charge in [0, 0.05) is 16.6 Å². The van der Waals surface area contributed by atoms with Crippen molar-refractivity contribution in [3.05, 3.63) is 39.2 Å². The summed E-state index contributed by atoms with van der Waals surface area (Å²) in [7, 11) is 0. The number of anilines is 2. The molecule has 1 unspecified atom stereocenters. The lowest BCUT2D eigenvalue weighted by Gasteiger charge is -2.24. The van der Waals surface area contributed by atoms with Gasteiger partial charge in [0.05, 0.1) is 6.04 Å². The molecule has 3 nitrogen and oxygen atoms in total. The van der Waals surface area contributed by atoms with E-state index in [1.807, 2.05) is 17.4 Å². The number of hydrogen-bond donors (Lipinski definition) is 2. The predicted molar refractivity (Wildman–Crippen MR) is 77.3 cm³/mol. The van der Waals surface area contributed by atoms with Gasteiger partial charge in [0.1, 0.15) is 11.0 Å². The van der Waals surface area contributed by atoms with Crippen molar-refractivity contribution in [2.45, 2.75) is 25.3 Å². The smallest absolute Gasteiger partial charge is 0.133 e. The van der Waals surface area contributed by atoms with Gasteiger partial charge < -0.3 is 11.1 Å². The van der Waals surface area contributed by atoms with E-state index in [9.17, 15) is 0 Å². The standard InChI is InChI=1S/C13H14ClN3S/c14-12-6-8(15)7-13(17-12)16-10-2-1-3-11-9(10)4-5-18-11/h4-7,10H,1-3H2,(H3,15,16,17). The first-order chi connectivity index (χ1) is 8.72. The summed E-state index contributed by atoms with van der Waals surface area (Å²) in [6.45, 7) is 0. The van der Waals surface area contributed by atoms with E-state index in [0.29, 0.717) is 16.9 Å². The van der Waals surface area contributed by atoms with Gasteiger partial charge in [-0.15, -0.1) is 11.3 Å². The zero-order valence-corrected chi connectivity index (χ0v) is 11.4. The molecule has 1 aliphatic carbocycles. The van der Waals surface area contributed by atoms with Gasteiger partial charge in [0.2, 0.25) is 0 Å². The van der Waals surface area contributed by atoms with E-state index >= 15 is 0 Å². The first-order valence-electron chi connectivity index (χ1n) is 5.98. The highest BCUT2D eigenvalue weighted by atomic mass is 35.5. The second-order valence-electron chi connectivity index (χ2n) is 4.50. The second-order valence-corrected chi connectivity index (χ2v) is 5.88. The summed E-state index contributed by atoms with van der Waals surface area (Å²) >= 11 is 7.75. The molecule has 0 aromatic carbocycles. The van der Waals surface area contributed by atoms with Crippen molar-refractivity contribution < 1.29 is 0 Å². The van der Waals surface area contributed by atoms with E-state index in [-0.39, 0.29) is 0 Å². The van der Waals surface area contributed by atoms with Crippen LogP contribution in [0.1, 0.15) is 29.3 Å². The summed E-state index contributed by atoms with van der Waals surface area (Å²) in [5.74, 6) is 0.754. The number of nitrogens with zero attached hydrogens (tertiary/aromatic N) is 1. The van der Waals surface area contributed by atoms with Crippen LogP contribution < -0.4 is 11.1 Å². The zero-order chi connectivity index (χ0) is 12.5. The molecule has 2 aromatic heterocycles. The average Bonchev–Trinajstić information content (AvgIpc) is 2.76. The van der Waals surface area contributed by atoms with Crippen LogP contribution in [-0.4, -0.2) is 4.98 Å². The maximum atomic E-state index is 5.92. The van der Waals surface area contributed by atoms with Crippen molar-refractivity contribution in [1.29, 1.82) is 0 Å². The van der Waals surface area contributed by atoms with Gasteiger partial charge in [0.25, 0.3) is 0 Å². The minimum Gasteiger partial charge on any atom is -0.399 e. The normalized spacial score (nSPS) is 18.4. The number of nitrogen functional groups attached to an aromatic ring is 1. The van der Waals surface area contributed by atoms with Crippen LogP contribution in [0.3, 0.4) is 0 Å². The van der Waals surface area contributed by atoms with E-state index in [2.05, 4.69) is 21.7 Å². The van der Waals surface area contributed by atoms with Crippen LogP contribution in [-0.2, 0) is 6.42 Å². The third-order valence-corrected chi connectivity index (χ3v) is 4.38. The molecule has 94 valence electrons. The summed E-state index contributed by atoms with van der Waals surface area (Å²) in [5, 5.41) is 6.02. The Bertz CT molecular complexity index is 547. The van der Waals surface area contributed by atoms with Crippen LogP contribution in [0, 0.1) is 0 Å². The molecule has 1 atom stereocenters. The summed E-state index contributed by atoms with van der Waals surface area (Å²) < 4.78 is 0. The number of nitrogens with two attached hydrogens (primary N) is 1. The van der Waals surface area contributed by atoms with Crippen molar-refractivity contribution in [2.24, 2.45) is 0 Å². The Morgan fingerprint density at radius 1 is 1.44 bits per heavy atom. The Hall–Kier alpha value is -1.26. The molecule has 0 amide bonds. The van der Waals surface area contributed by atoms with Crippen molar-refractivity contribution >= 4 is 34.4 Å². The van der Waals surface area contributed by atoms with E-state index in [1.165, 1.54) is 23.3 Å². The van der Waals surface area contributed by atoms with Crippen molar-refractivity contribution in [2.75, 3.05) is 11.1 Å². The Labute approximate surface area is 115 Å². The average molecular weight is 280 g/mol. The first kappa shape index (κ1) is 11.8. The largest absolute Gasteiger partial charge is 0.399 e. The molecule has 18 heavy (non-hydrogen) atoms. The Balaban J connectivity index is 1.86. The Morgan fingerprint density at radius 2 is 2.33 bits per heavy atom. The third kappa shape index (κ3) is 2.31. The molecule has 2 aromatic rings. The number of aryl methyl sites for hydroxylation is 1. The number of thiophene rings is 1. The third-order valence-electron chi connectivity index (χ3n) is 3.19. The number of hydrogen-bond acceptors (Lipinski definition) is 4. The second kappa shape index (κ2) is 4.78. The highest BCUT2D eigenvalue weighted by Gasteiger charge is 2.21. The quantitative estimate of drug-likeness (QED) is 0.821. The fourth-order valence-corrected chi connectivity index (χ4v) is 3.61. The number of pyridine rings is 1. The van der Waals surface area contributed by atoms with E-state index < -0.39 is 0 Å². The molecule has 0 bridgehead atoms. The van der Waals surface area contributed by atoms with Crippen molar-refractivity contribution in [1.82, 2.24) is 4.98 Å². The molecule has 5 heteroatoms. The number of nitrogens with one attached hydrogen (secondary N) is 1. The van der Waals surface area contributed by atoms with Gasteiger partial charge in [-0.2, -0.15) is 0 Å². The fourth-order valence-electron chi connectivity index (χ4n) is 2.41. The lowest BCUT2D eigenvalue weighted by atomic mass is 9.94. The van der Waals surface area contributed by atoms with Gasteiger partial charge in [-0.05, 0) is 42.3 Å². The van der Waals surface area contributed by atoms with Gasteiger partial charge >= 0.3 is 0 Å². The fraction of sp³-hybridized carbons (Fsp3) is 0.308.